The second kappa shape index (κ2) is 8.24. The zero-order valence-corrected chi connectivity index (χ0v) is 12.9. The molecule has 0 amide bonds. The molecule has 0 spiro atoms. The molecule has 1 fully saturated rings. The lowest BCUT2D eigenvalue weighted by Crippen LogP contribution is -2.46. The molecule has 1 saturated heterocycles. The Bertz CT molecular complexity index is 442. The summed E-state index contributed by atoms with van der Waals surface area (Å²) >= 11 is -0.118. The van der Waals surface area contributed by atoms with E-state index in [1.54, 1.807) is 18.2 Å². The molecule has 120 valence electrons. The maximum atomic E-state index is 12.6. The smallest absolute Gasteiger partial charge is 0.394 e. The first kappa shape index (κ1) is 18.6. The molecule has 1 heterocycles. The van der Waals surface area contributed by atoms with Gasteiger partial charge >= 0.3 is 5.51 Å². The number of nitrogens with zero attached hydrogens (tertiary/aromatic N) is 1. The fraction of sp³-hybridized carbons (Fsp3) is 0.538. The van der Waals surface area contributed by atoms with Crippen molar-refractivity contribution < 1.29 is 18.3 Å². The van der Waals surface area contributed by atoms with E-state index in [2.05, 4.69) is 5.32 Å². The molecule has 0 aromatic heterocycles. The molecule has 0 radical (unpaired) electrons. The van der Waals surface area contributed by atoms with Gasteiger partial charge < -0.3 is 10.4 Å². The van der Waals surface area contributed by atoms with E-state index in [1.807, 2.05) is 4.90 Å². The normalized spacial score (nSPS) is 18.1. The Morgan fingerprint density at radius 3 is 2.43 bits per heavy atom. The fourth-order valence-corrected chi connectivity index (χ4v) is 3.10. The largest absolute Gasteiger partial charge is 0.446 e. The van der Waals surface area contributed by atoms with E-state index in [0.29, 0.717) is 5.56 Å². The first-order valence-electron chi connectivity index (χ1n) is 6.41. The minimum Gasteiger partial charge on any atom is -0.394 e. The van der Waals surface area contributed by atoms with Crippen LogP contribution in [0.4, 0.5) is 13.2 Å². The second-order valence-electron chi connectivity index (χ2n) is 4.57. The van der Waals surface area contributed by atoms with Gasteiger partial charge in [-0.2, -0.15) is 13.2 Å². The van der Waals surface area contributed by atoms with Gasteiger partial charge in [0.25, 0.3) is 0 Å². The average molecular weight is 343 g/mol. The number of thioether (sulfide) groups is 1. The Labute approximate surface area is 132 Å². The van der Waals surface area contributed by atoms with Crippen LogP contribution in [0.5, 0.6) is 0 Å². The molecular formula is C13H18ClF3N2OS. The number of rotatable bonds is 4. The van der Waals surface area contributed by atoms with Crippen LogP contribution in [0.2, 0.25) is 0 Å². The summed E-state index contributed by atoms with van der Waals surface area (Å²) < 4.78 is 37.8. The van der Waals surface area contributed by atoms with E-state index in [-0.39, 0.29) is 41.7 Å². The number of aliphatic hydroxyl groups is 1. The van der Waals surface area contributed by atoms with Crippen LogP contribution in [0, 0.1) is 0 Å². The van der Waals surface area contributed by atoms with Gasteiger partial charge in [0.05, 0.1) is 12.6 Å². The molecule has 2 rings (SSSR count). The molecule has 0 aliphatic carbocycles. The summed E-state index contributed by atoms with van der Waals surface area (Å²) in [5, 5.41) is 12.8. The number of alkyl halides is 3. The standard InChI is InChI=1S/C13H17F3N2OS.ClH/c14-13(15,16)20-12-4-2-1-3-10(12)11(9-19)18-7-5-17-6-8-18;/h1-4,11,17,19H,5-9H2;1H/t11-;/m1./s1. The van der Waals surface area contributed by atoms with Gasteiger partial charge in [-0.15, -0.1) is 12.4 Å². The number of aliphatic hydroxyl groups excluding tert-OH is 1. The highest BCUT2D eigenvalue weighted by Crippen LogP contribution is 2.40. The molecular weight excluding hydrogens is 325 g/mol. The van der Waals surface area contributed by atoms with E-state index < -0.39 is 5.51 Å². The van der Waals surface area contributed by atoms with Crippen molar-refractivity contribution in [3.63, 3.8) is 0 Å². The maximum absolute atomic E-state index is 12.6. The van der Waals surface area contributed by atoms with Crippen LogP contribution in [-0.2, 0) is 0 Å². The highest BCUT2D eigenvalue weighted by atomic mass is 35.5. The monoisotopic (exact) mass is 342 g/mol. The van der Waals surface area contributed by atoms with Crippen molar-refractivity contribution in [2.24, 2.45) is 0 Å². The third kappa shape index (κ3) is 5.34. The summed E-state index contributed by atoms with van der Waals surface area (Å²) in [7, 11) is 0. The molecule has 1 atom stereocenters. The molecule has 1 aliphatic heterocycles. The van der Waals surface area contributed by atoms with Crippen LogP contribution in [0.15, 0.2) is 29.2 Å². The Kier molecular flexibility index (Phi) is 7.29. The summed E-state index contributed by atoms with van der Waals surface area (Å²) in [6.07, 6.45) is 0. The topological polar surface area (TPSA) is 35.5 Å². The molecule has 8 heteroatoms. The third-order valence-corrected chi connectivity index (χ3v) is 4.09. The highest BCUT2D eigenvalue weighted by Gasteiger charge is 2.32. The summed E-state index contributed by atoms with van der Waals surface area (Å²) in [4.78, 5) is 2.18. The quantitative estimate of drug-likeness (QED) is 0.825. The first-order valence-corrected chi connectivity index (χ1v) is 7.23. The average Bonchev–Trinajstić information content (AvgIpc) is 2.41. The molecule has 0 unspecified atom stereocenters. The number of benzene rings is 1. The molecule has 1 aromatic rings. The number of nitrogens with one attached hydrogen (secondary N) is 1. The van der Waals surface area contributed by atoms with Crippen LogP contribution in [0.25, 0.3) is 0 Å². The molecule has 1 aromatic carbocycles. The minimum atomic E-state index is -4.32. The van der Waals surface area contributed by atoms with E-state index in [9.17, 15) is 18.3 Å². The molecule has 0 bridgehead atoms. The summed E-state index contributed by atoms with van der Waals surface area (Å²) in [5.41, 5.74) is -3.78. The van der Waals surface area contributed by atoms with E-state index in [0.717, 1.165) is 26.2 Å². The number of piperazine rings is 1. The van der Waals surface area contributed by atoms with Gasteiger partial charge in [0.2, 0.25) is 0 Å². The van der Waals surface area contributed by atoms with Crippen molar-refractivity contribution in [1.82, 2.24) is 10.2 Å². The predicted molar refractivity (Wildman–Crippen MR) is 79.9 cm³/mol. The lowest BCUT2D eigenvalue weighted by atomic mass is 10.1. The Morgan fingerprint density at radius 1 is 1.24 bits per heavy atom. The van der Waals surface area contributed by atoms with Crippen molar-refractivity contribution >= 4 is 24.2 Å². The van der Waals surface area contributed by atoms with Crippen molar-refractivity contribution in [2.45, 2.75) is 16.4 Å². The van der Waals surface area contributed by atoms with Gasteiger partial charge in [0.15, 0.2) is 0 Å². The van der Waals surface area contributed by atoms with Crippen molar-refractivity contribution in [2.75, 3.05) is 32.8 Å². The molecule has 3 nitrogen and oxygen atoms in total. The third-order valence-electron chi connectivity index (χ3n) is 3.27. The van der Waals surface area contributed by atoms with Gasteiger partial charge in [-0.3, -0.25) is 4.90 Å². The second-order valence-corrected chi connectivity index (χ2v) is 5.68. The van der Waals surface area contributed by atoms with Gasteiger partial charge in [0.1, 0.15) is 0 Å². The van der Waals surface area contributed by atoms with Gasteiger partial charge in [-0.05, 0) is 23.4 Å². The van der Waals surface area contributed by atoms with Crippen molar-refractivity contribution in [3.05, 3.63) is 29.8 Å². The zero-order valence-electron chi connectivity index (χ0n) is 11.3. The predicted octanol–water partition coefficient (Wildman–Crippen LogP) is 2.66. The number of hydrogen-bond donors (Lipinski definition) is 2. The lowest BCUT2D eigenvalue weighted by molar-refractivity contribution is -0.0329. The first-order chi connectivity index (χ1) is 9.51. The molecule has 0 saturated carbocycles. The van der Waals surface area contributed by atoms with E-state index in [4.69, 9.17) is 0 Å². The van der Waals surface area contributed by atoms with Crippen molar-refractivity contribution in [1.29, 1.82) is 0 Å². The van der Waals surface area contributed by atoms with Crippen LogP contribution >= 0.6 is 24.2 Å². The number of hydrogen-bond acceptors (Lipinski definition) is 4. The maximum Gasteiger partial charge on any atom is 0.446 e. The molecule has 2 N–H and O–H groups in total. The van der Waals surface area contributed by atoms with Gasteiger partial charge in [-0.25, -0.2) is 0 Å². The number of halogens is 4. The van der Waals surface area contributed by atoms with Gasteiger partial charge in [0, 0.05) is 31.1 Å². The molecule has 1 aliphatic rings. The summed E-state index contributed by atoms with van der Waals surface area (Å²) in [6, 6.07) is 6.03. The van der Waals surface area contributed by atoms with Crippen LogP contribution in [-0.4, -0.2) is 48.3 Å². The van der Waals surface area contributed by atoms with Crippen LogP contribution in [0.3, 0.4) is 0 Å². The van der Waals surface area contributed by atoms with Crippen LogP contribution < -0.4 is 5.32 Å². The van der Waals surface area contributed by atoms with Crippen molar-refractivity contribution in [3.8, 4) is 0 Å². The fourth-order valence-electron chi connectivity index (χ4n) is 2.38. The highest BCUT2D eigenvalue weighted by molar-refractivity contribution is 8.00. The Morgan fingerprint density at radius 2 is 1.86 bits per heavy atom. The lowest BCUT2D eigenvalue weighted by Gasteiger charge is -2.35. The van der Waals surface area contributed by atoms with Crippen LogP contribution in [0.1, 0.15) is 11.6 Å². The van der Waals surface area contributed by atoms with Gasteiger partial charge in [-0.1, -0.05) is 18.2 Å². The summed E-state index contributed by atoms with van der Waals surface area (Å²) in [5.74, 6) is 0. The van der Waals surface area contributed by atoms with E-state index in [1.165, 1.54) is 6.07 Å². The SMILES string of the molecule is Cl.OC[C@H](c1ccccc1SC(F)(F)F)N1CCNCC1. The zero-order chi connectivity index (χ0) is 14.6. The Balaban J connectivity index is 0.00000220. The minimum absolute atomic E-state index is 0. The van der Waals surface area contributed by atoms with E-state index >= 15 is 0 Å². The summed E-state index contributed by atoms with van der Waals surface area (Å²) in [6.45, 7) is 2.82. The Hall–Kier alpha value is -0.470. The molecule has 21 heavy (non-hydrogen) atoms.